The summed E-state index contributed by atoms with van der Waals surface area (Å²) in [4.78, 5) is 136. The second-order valence-electron chi connectivity index (χ2n) is 30.1. The molecule has 16 rings (SSSR count). The number of nitrogens with one attached hydrogen (secondary N) is 5. The Morgan fingerprint density at radius 1 is 0.417 bits per heavy atom. The summed E-state index contributed by atoms with van der Waals surface area (Å²) in [5.41, 5.74) is 9.44. The maximum absolute atomic E-state index is 13.0. The van der Waals surface area contributed by atoms with Crippen molar-refractivity contribution in [3.8, 4) is 6.07 Å². The van der Waals surface area contributed by atoms with Crippen molar-refractivity contribution in [2.75, 3.05) is 146 Å². The summed E-state index contributed by atoms with van der Waals surface area (Å²) in [5, 5.41) is 60.2. The third-order valence-corrected chi connectivity index (χ3v) is 23.1. The fourth-order valence-corrected chi connectivity index (χ4v) is 16.4. The number of rotatable bonds is 28. The summed E-state index contributed by atoms with van der Waals surface area (Å²) in [6.07, 6.45) is -3.59. The van der Waals surface area contributed by atoms with Crippen LogP contribution in [-0.2, 0) is 75.6 Å². The van der Waals surface area contributed by atoms with Gasteiger partial charge in [0.15, 0.2) is 0 Å². The molecule has 8 aromatic carbocycles. The molecule has 42 heteroatoms. The van der Waals surface area contributed by atoms with Gasteiger partial charge < -0.3 is 82.6 Å². The van der Waals surface area contributed by atoms with Gasteiger partial charge in [0.2, 0.25) is 29.7 Å². The van der Waals surface area contributed by atoms with E-state index in [0.717, 1.165) is 34.4 Å². The van der Waals surface area contributed by atoms with Gasteiger partial charge in [-0.15, -0.1) is 0 Å². The minimum Gasteiger partial charge on any atom is -0.396 e. The standard InChI is InChI=1S/C24H27N5O5.2C22H21BrF2N4O4.C22H20BrN5O4/c1-16(31)25-14-17-4-2-5-18(12-17)23(33)27-24-26-20-13-19(28-9-11-34-15-22(28)32)6-7-21(20)29(24)8-3-10-30;2*23-15-10-18-16(11-17(15)28-6-8-33-12-19(28)31)26-22(29(18)5-2-7-30)27-21(32)14-4-1-3-13(9-14)20(24)25;23-16-10-19-17(11-18(16)27-6-8-32-13-20(27)30)25-22(28(19)5-2-7-29)26-21(31)15-4-1-3-14(9-15)12-24/h2,4-7,12-13,30H,3,8-11,14-15H2,1H3,(H,25,31)(H,26,27,33);2*1,3-4,9-11,20,30H,2,5-8,12H2,(H,26,27,32);1,3-4,9-11,29H,2,5-8,13H2,(H,25,26,31). The van der Waals surface area contributed by atoms with E-state index in [1.54, 1.807) is 95.5 Å². The molecule has 0 saturated carbocycles. The number of morpholine rings is 4. The Kier molecular flexibility index (Phi) is 33.2. The Balaban J connectivity index is 0.000000150. The highest BCUT2D eigenvalue weighted by atomic mass is 79.9. The Bertz CT molecular complexity index is 6180. The zero-order valence-corrected chi connectivity index (χ0v) is 75.6. The summed E-state index contributed by atoms with van der Waals surface area (Å²) in [7, 11) is 0. The highest BCUT2D eigenvalue weighted by Gasteiger charge is 2.31. The van der Waals surface area contributed by atoms with Gasteiger partial charge in [0.05, 0.1) is 99.3 Å². The highest BCUT2D eigenvalue weighted by molar-refractivity contribution is 9.11. The molecule has 132 heavy (non-hydrogen) atoms. The molecule has 0 radical (unpaired) electrons. The van der Waals surface area contributed by atoms with E-state index in [-0.39, 0.29) is 122 Å². The van der Waals surface area contributed by atoms with Crippen LogP contribution in [0.15, 0.2) is 165 Å². The van der Waals surface area contributed by atoms with E-state index in [1.165, 1.54) is 49.4 Å². The van der Waals surface area contributed by atoms with Crippen LogP contribution >= 0.6 is 47.8 Å². The number of carbonyl (C=O) groups excluding carboxylic acids is 9. The number of anilines is 8. The van der Waals surface area contributed by atoms with Crippen LogP contribution in [0.3, 0.4) is 0 Å². The van der Waals surface area contributed by atoms with Crippen molar-refractivity contribution in [3.63, 3.8) is 0 Å². The first-order valence-corrected chi connectivity index (χ1v) is 44.0. The number of imidazole rings is 4. The van der Waals surface area contributed by atoms with Crippen LogP contribution in [0.25, 0.3) is 44.1 Å². The largest absolute Gasteiger partial charge is 0.396 e. The molecule has 4 aliphatic rings. The molecule has 0 aliphatic carbocycles. The second-order valence-corrected chi connectivity index (χ2v) is 32.6. The smallest absolute Gasteiger partial charge is 0.263 e. The molecule has 9 N–H and O–H groups in total. The predicted octanol–water partition coefficient (Wildman–Crippen LogP) is 11.8. The van der Waals surface area contributed by atoms with E-state index < -0.39 is 30.6 Å². The van der Waals surface area contributed by atoms with Crippen molar-refractivity contribution in [1.29, 1.82) is 5.26 Å². The molecular formula is C90H89Br3F4N18O17. The molecular weight excluding hydrogens is 1920 g/mol. The van der Waals surface area contributed by atoms with E-state index in [4.69, 9.17) is 24.2 Å². The lowest BCUT2D eigenvalue weighted by Gasteiger charge is -2.27. The third-order valence-electron chi connectivity index (χ3n) is 21.2. The van der Waals surface area contributed by atoms with Gasteiger partial charge in [-0.3, -0.25) is 64.4 Å². The monoisotopic (exact) mass is 2010 g/mol. The van der Waals surface area contributed by atoms with Crippen LogP contribution in [0.5, 0.6) is 0 Å². The molecule has 690 valence electrons. The summed E-state index contributed by atoms with van der Waals surface area (Å²) in [5.74, 6) is -1.55. The Hall–Kier alpha value is -12.8. The summed E-state index contributed by atoms with van der Waals surface area (Å²) >= 11 is 10.6. The van der Waals surface area contributed by atoms with Crippen molar-refractivity contribution in [2.45, 2.75) is 78.2 Å². The maximum atomic E-state index is 13.0. The summed E-state index contributed by atoms with van der Waals surface area (Å²) in [6.45, 7) is 6.76. The zero-order valence-electron chi connectivity index (χ0n) is 70.8. The number of halogens is 7. The number of benzene rings is 8. The number of aliphatic hydroxyl groups is 4. The van der Waals surface area contributed by atoms with Crippen LogP contribution in [-0.4, -0.2) is 217 Å². The molecule has 0 bridgehead atoms. The molecule has 35 nitrogen and oxygen atoms in total. The predicted molar refractivity (Wildman–Crippen MR) is 491 cm³/mol. The van der Waals surface area contributed by atoms with Gasteiger partial charge in [0.25, 0.3) is 60.1 Å². The van der Waals surface area contributed by atoms with Gasteiger partial charge in [0.1, 0.15) is 26.4 Å². The van der Waals surface area contributed by atoms with Gasteiger partial charge in [-0.1, -0.05) is 42.5 Å². The number of hydrogen-bond acceptors (Lipinski definition) is 22. The lowest BCUT2D eigenvalue weighted by atomic mass is 10.1. The average molecular weight is 2010 g/mol. The lowest BCUT2D eigenvalue weighted by molar-refractivity contribution is -0.126. The van der Waals surface area contributed by atoms with Crippen LogP contribution in [0.4, 0.5) is 64.1 Å². The molecule has 4 aliphatic heterocycles. The summed E-state index contributed by atoms with van der Waals surface area (Å²) in [6, 6.07) is 42.1. The van der Waals surface area contributed by atoms with Crippen LogP contribution < -0.4 is 46.2 Å². The van der Waals surface area contributed by atoms with Crippen molar-refractivity contribution in [1.82, 2.24) is 43.5 Å². The van der Waals surface area contributed by atoms with Gasteiger partial charge >= 0.3 is 0 Å². The number of fused-ring (bicyclic) bond motifs is 4. The lowest BCUT2D eigenvalue weighted by Crippen LogP contribution is -2.41. The number of nitrogens with zero attached hydrogens (tertiary/aromatic N) is 13. The first-order chi connectivity index (χ1) is 63.7. The van der Waals surface area contributed by atoms with E-state index in [2.05, 4.69) is 94.3 Å². The minimum absolute atomic E-state index is 0.00137. The zero-order chi connectivity index (χ0) is 93.8. The van der Waals surface area contributed by atoms with E-state index in [9.17, 15) is 81.1 Å². The molecule has 4 fully saturated rings. The number of amides is 9. The van der Waals surface area contributed by atoms with Crippen molar-refractivity contribution in [3.05, 3.63) is 210 Å². The molecule has 0 spiro atoms. The van der Waals surface area contributed by atoms with Crippen molar-refractivity contribution >= 4 is 192 Å². The molecule has 8 heterocycles. The minimum atomic E-state index is -2.69. The number of aromatic nitrogens is 8. The van der Waals surface area contributed by atoms with Gasteiger partial charge in [-0.05, 0) is 188 Å². The molecule has 0 unspecified atom stereocenters. The number of carbonyl (C=O) groups is 9. The molecule has 9 amide bonds. The third kappa shape index (κ3) is 23.6. The fraction of sp³-hybridized carbons (Fsp3) is 0.311. The Morgan fingerprint density at radius 3 is 1.08 bits per heavy atom. The summed E-state index contributed by atoms with van der Waals surface area (Å²) < 4.78 is 82.1. The molecule has 4 saturated heterocycles. The number of hydrogen-bond donors (Lipinski definition) is 9. The second kappa shape index (κ2) is 45.4. The Morgan fingerprint density at radius 2 is 0.742 bits per heavy atom. The number of alkyl halides is 4. The van der Waals surface area contributed by atoms with Gasteiger partial charge in [-0.25, -0.2) is 37.5 Å². The SMILES string of the molecule is CC(=O)NCc1cccc(C(=O)Nc2nc3cc(N4CCOCC4=O)ccc3n2CCCO)c1.N#Cc1cccc(C(=O)Nc2nc3cc(N4CCOCC4=O)c(Br)cc3n2CCCO)c1.O=C(Nc1nc2cc(N3CCOCC3=O)c(Br)cc2n1CCCO)c1cccc(C(F)F)c1.O=C(Nc1nc2cc(N3CCOCC3=O)c(Br)cc2n1CCCO)c1cccc(C(F)F)c1. The molecule has 12 aromatic rings. The molecule has 0 atom stereocenters. The average Bonchev–Trinajstić information content (AvgIpc) is 1.63. The maximum Gasteiger partial charge on any atom is 0.263 e. The van der Waals surface area contributed by atoms with Crippen LogP contribution in [0.1, 0.15) is 109 Å². The van der Waals surface area contributed by atoms with Crippen molar-refractivity contribution < 1.29 is 100 Å². The first kappa shape index (κ1) is 96.7. The normalized spacial score (nSPS) is 14.1. The fourth-order valence-electron chi connectivity index (χ4n) is 14.7. The van der Waals surface area contributed by atoms with Crippen molar-refractivity contribution in [2.24, 2.45) is 0 Å². The number of ether oxygens (including phenoxy) is 4. The van der Waals surface area contributed by atoms with E-state index in [1.807, 2.05) is 45.5 Å². The van der Waals surface area contributed by atoms with Gasteiger partial charge in [-0.2, -0.15) is 5.26 Å². The quantitative estimate of drug-likeness (QED) is 0.0206. The Labute approximate surface area is 776 Å². The van der Waals surface area contributed by atoms with E-state index in [0.29, 0.717) is 203 Å². The number of aryl methyl sites for hydroxylation is 4. The number of nitriles is 1. The van der Waals surface area contributed by atoms with Crippen LogP contribution in [0.2, 0.25) is 0 Å². The van der Waals surface area contributed by atoms with Crippen LogP contribution in [0, 0.1) is 11.3 Å². The highest BCUT2D eigenvalue weighted by Crippen LogP contribution is 2.39. The first-order valence-electron chi connectivity index (χ1n) is 41.7. The topological polar surface area (TPSA) is 440 Å². The molecule has 4 aromatic heterocycles. The van der Waals surface area contributed by atoms with Gasteiger partial charge in [0, 0.05) is 145 Å². The number of aliphatic hydroxyl groups excluding tert-OH is 4. The van der Waals surface area contributed by atoms with E-state index >= 15 is 0 Å².